The summed E-state index contributed by atoms with van der Waals surface area (Å²) in [5.74, 6) is -0.105. The first-order valence-electron chi connectivity index (χ1n) is 10.4. The number of morpholine rings is 1. The third kappa shape index (κ3) is 4.27. The SMILES string of the molecule is Cc1ccc([C@](O)(c2ccccc2)[C@@H](CN2CCOCC2)c2ccccc2)cc1. The van der Waals surface area contributed by atoms with Gasteiger partial charge in [-0.15, -0.1) is 0 Å². The van der Waals surface area contributed by atoms with Crippen molar-refractivity contribution >= 4 is 0 Å². The second kappa shape index (κ2) is 8.91. The summed E-state index contributed by atoms with van der Waals surface area (Å²) in [5.41, 5.74) is 3.05. The van der Waals surface area contributed by atoms with Gasteiger partial charge in [0.15, 0.2) is 0 Å². The van der Waals surface area contributed by atoms with Gasteiger partial charge in [-0.3, -0.25) is 4.90 Å². The van der Waals surface area contributed by atoms with E-state index in [1.807, 2.05) is 36.4 Å². The predicted octanol–water partition coefficient (Wildman–Crippen LogP) is 4.35. The molecule has 1 heterocycles. The summed E-state index contributed by atoms with van der Waals surface area (Å²) >= 11 is 0. The fourth-order valence-corrected chi connectivity index (χ4v) is 4.27. The average Bonchev–Trinajstić information content (AvgIpc) is 2.79. The van der Waals surface area contributed by atoms with Gasteiger partial charge in [-0.1, -0.05) is 90.5 Å². The molecule has 0 aliphatic carbocycles. The van der Waals surface area contributed by atoms with E-state index >= 15 is 0 Å². The molecule has 1 N–H and O–H groups in total. The maximum atomic E-state index is 12.4. The molecule has 0 amide bonds. The minimum Gasteiger partial charge on any atom is -0.380 e. The number of ether oxygens (including phenoxy) is 1. The van der Waals surface area contributed by atoms with Crippen molar-refractivity contribution in [2.75, 3.05) is 32.8 Å². The number of hydrogen-bond acceptors (Lipinski definition) is 3. The molecule has 0 bridgehead atoms. The molecule has 1 saturated heterocycles. The van der Waals surface area contributed by atoms with Crippen molar-refractivity contribution in [3.63, 3.8) is 0 Å². The quantitative estimate of drug-likeness (QED) is 0.683. The minimum absolute atomic E-state index is 0.105. The molecule has 0 radical (unpaired) electrons. The van der Waals surface area contributed by atoms with Crippen LogP contribution < -0.4 is 0 Å². The van der Waals surface area contributed by atoms with Crippen molar-refractivity contribution in [1.82, 2.24) is 4.90 Å². The van der Waals surface area contributed by atoms with Crippen molar-refractivity contribution in [3.05, 3.63) is 107 Å². The molecule has 150 valence electrons. The molecule has 4 rings (SSSR count). The van der Waals surface area contributed by atoms with Crippen molar-refractivity contribution in [3.8, 4) is 0 Å². The molecule has 3 heteroatoms. The third-order valence-corrected chi connectivity index (χ3v) is 5.96. The Hall–Kier alpha value is -2.46. The van der Waals surface area contributed by atoms with Crippen LogP contribution in [0.25, 0.3) is 0 Å². The molecule has 0 unspecified atom stereocenters. The summed E-state index contributed by atoms with van der Waals surface area (Å²) in [7, 11) is 0. The Balaban J connectivity index is 1.84. The maximum absolute atomic E-state index is 12.4. The monoisotopic (exact) mass is 387 g/mol. The fourth-order valence-electron chi connectivity index (χ4n) is 4.27. The third-order valence-electron chi connectivity index (χ3n) is 5.96. The highest BCUT2D eigenvalue weighted by Crippen LogP contribution is 2.43. The first-order chi connectivity index (χ1) is 14.2. The number of rotatable bonds is 6. The van der Waals surface area contributed by atoms with Gasteiger partial charge in [-0.05, 0) is 23.6 Å². The van der Waals surface area contributed by atoms with E-state index in [9.17, 15) is 5.11 Å². The molecule has 29 heavy (non-hydrogen) atoms. The molecule has 3 aromatic rings. The van der Waals surface area contributed by atoms with Gasteiger partial charge in [0.1, 0.15) is 5.60 Å². The van der Waals surface area contributed by atoms with Crippen LogP contribution in [0.4, 0.5) is 0 Å². The van der Waals surface area contributed by atoms with Crippen LogP contribution in [-0.2, 0) is 10.3 Å². The van der Waals surface area contributed by atoms with Gasteiger partial charge in [-0.25, -0.2) is 0 Å². The second-order valence-corrected chi connectivity index (χ2v) is 7.87. The lowest BCUT2D eigenvalue weighted by molar-refractivity contribution is 0.000764. The number of aryl methyl sites for hydroxylation is 1. The topological polar surface area (TPSA) is 32.7 Å². The molecule has 0 aromatic heterocycles. The molecule has 1 aliphatic rings. The molecule has 2 atom stereocenters. The Kier molecular flexibility index (Phi) is 6.10. The van der Waals surface area contributed by atoms with E-state index in [2.05, 4.69) is 60.4 Å². The molecule has 3 nitrogen and oxygen atoms in total. The lowest BCUT2D eigenvalue weighted by Gasteiger charge is -2.41. The van der Waals surface area contributed by atoms with Crippen molar-refractivity contribution < 1.29 is 9.84 Å². The van der Waals surface area contributed by atoms with E-state index in [4.69, 9.17) is 4.74 Å². The van der Waals surface area contributed by atoms with Crippen LogP contribution >= 0.6 is 0 Å². The van der Waals surface area contributed by atoms with Crippen molar-refractivity contribution in [2.24, 2.45) is 0 Å². The highest BCUT2D eigenvalue weighted by atomic mass is 16.5. The number of benzene rings is 3. The number of nitrogens with zero attached hydrogens (tertiary/aromatic N) is 1. The van der Waals surface area contributed by atoms with Crippen LogP contribution in [0, 0.1) is 6.92 Å². The lowest BCUT2D eigenvalue weighted by Crippen LogP contribution is -2.45. The van der Waals surface area contributed by atoms with Gasteiger partial charge in [-0.2, -0.15) is 0 Å². The van der Waals surface area contributed by atoms with E-state index < -0.39 is 5.60 Å². The zero-order chi connectivity index (χ0) is 20.1. The van der Waals surface area contributed by atoms with E-state index in [1.54, 1.807) is 0 Å². The van der Waals surface area contributed by atoms with E-state index in [-0.39, 0.29) is 5.92 Å². The Morgan fingerprint density at radius 2 is 1.38 bits per heavy atom. The second-order valence-electron chi connectivity index (χ2n) is 7.87. The lowest BCUT2D eigenvalue weighted by atomic mass is 9.72. The van der Waals surface area contributed by atoms with Gasteiger partial charge in [0.25, 0.3) is 0 Å². The Labute approximate surface area is 173 Å². The number of aliphatic hydroxyl groups is 1. The minimum atomic E-state index is -1.13. The normalized spacial score (nSPS) is 18.1. The van der Waals surface area contributed by atoms with E-state index in [0.717, 1.165) is 49.5 Å². The predicted molar refractivity (Wildman–Crippen MR) is 117 cm³/mol. The molecule has 3 aromatic carbocycles. The Morgan fingerprint density at radius 1 is 0.828 bits per heavy atom. The van der Waals surface area contributed by atoms with Crippen LogP contribution in [-0.4, -0.2) is 42.9 Å². The summed E-state index contributed by atoms with van der Waals surface area (Å²) in [5, 5.41) is 12.4. The summed E-state index contributed by atoms with van der Waals surface area (Å²) < 4.78 is 5.55. The van der Waals surface area contributed by atoms with E-state index in [0.29, 0.717) is 0 Å². The van der Waals surface area contributed by atoms with Crippen LogP contribution in [0.15, 0.2) is 84.9 Å². The average molecular weight is 388 g/mol. The van der Waals surface area contributed by atoms with Crippen molar-refractivity contribution in [1.29, 1.82) is 0 Å². The summed E-state index contributed by atoms with van der Waals surface area (Å²) in [4.78, 5) is 2.41. The van der Waals surface area contributed by atoms with Crippen molar-refractivity contribution in [2.45, 2.75) is 18.4 Å². The van der Waals surface area contributed by atoms with Gasteiger partial charge in [0.2, 0.25) is 0 Å². The molecule has 1 fully saturated rings. The number of hydrogen-bond donors (Lipinski definition) is 1. The standard InChI is InChI=1S/C26H29NO2/c1-21-12-14-24(15-13-21)26(28,23-10-6-3-7-11-23)25(22-8-4-2-5-9-22)20-27-16-18-29-19-17-27/h2-15,25,28H,16-20H2,1H3/t25-,26+/m0/s1. The smallest absolute Gasteiger partial charge is 0.123 e. The van der Waals surface area contributed by atoms with Gasteiger partial charge in [0.05, 0.1) is 13.2 Å². The maximum Gasteiger partial charge on any atom is 0.123 e. The molecular weight excluding hydrogens is 358 g/mol. The fraction of sp³-hybridized carbons (Fsp3) is 0.308. The van der Waals surface area contributed by atoms with Gasteiger partial charge < -0.3 is 9.84 Å². The summed E-state index contributed by atoms with van der Waals surface area (Å²) in [6, 6.07) is 28.8. The molecule has 1 aliphatic heterocycles. The largest absolute Gasteiger partial charge is 0.380 e. The zero-order valence-electron chi connectivity index (χ0n) is 17.0. The Bertz CT molecular complexity index is 889. The molecule has 0 spiro atoms. The van der Waals surface area contributed by atoms with Crippen LogP contribution in [0.5, 0.6) is 0 Å². The highest BCUT2D eigenvalue weighted by Gasteiger charge is 2.42. The van der Waals surface area contributed by atoms with E-state index in [1.165, 1.54) is 5.56 Å². The first-order valence-corrected chi connectivity index (χ1v) is 10.4. The van der Waals surface area contributed by atoms with Crippen LogP contribution in [0.3, 0.4) is 0 Å². The molecular formula is C26H29NO2. The van der Waals surface area contributed by atoms with Crippen LogP contribution in [0.2, 0.25) is 0 Å². The Morgan fingerprint density at radius 3 is 2.00 bits per heavy atom. The first kappa shape index (κ1) is 19.8. The summed E-state index contributed by atoms with van der Waals surface area (Å²) in [6.45, 7) is 6.12. The van der Waals surface area contributed by atoms with Crippen LogP contribution in [0.1, 0.15) is 28.2 Å². The van der Waals surface area contributed by atoms with Gasteiger partial charge in [0, 0.05) is 25.6 Å². The zero-order valence-corrected chi connectivity index (χ0v) is 17.0. The molecule has 0 saturated carbocycles. The van der Waals surface area contributed by atoms with Gasteiger partial charge >= 0.3 is 0 Å². The summed E-state index contributed by atoms with van der Waals surface area (Å²) in [6.07, 6.45) is 0. The highest BCUT2D eigenvalue weighted by molar-refractivity contribution is 5.42.